The number of hydrogen-bond acceptors (Lipinski definition) is 3. The highest BCUT2D eigenvalue weighted by atomic mass is 35.5. The molecule has 0 saturated carbocycles. The monoisotopic (exact) mass is 323 g/mol. The van der Waals surface area contributed by atoms with Gasteiger partial charge < -0.3 is 0 Å². The standard InChI is InChI=1S/C16H18ClNS2/c1-3-12(2)11-19-18-10-15-8-9-16(20-15)13-4-6-14(17)7-5-13/h3-9,18H,10-11H2,1-2H3/b12-3+. The zero-order chi connectivity index (χ0) is 14.4. The van der Waals surface area contributed by atoms with Crippen LogP contribution in [0.2, 0.25) is 5.02 Å². The first-order valence-corrected chi connectivity index (χ1v) is 8.68. The van der Waals surface area contributed by atoms with Crippen molar-refractivity contribution in [3.63, 3.8) is 0 Å². The summed E-state index contributed by atoms with van der Waals surface area (Å²) in [4.78, 5) is 2.63. The van der Waals surface area contributed by atoms with Crippen LogP contribution in [0.25, 0.3) is 10.4 Å². The molecule has 0 saturated heterocycles. The Bertz CT molecular complexity index is 572. The maximum atomic E-state index is 5.91. The Morgan fingerprint density at radius 2 is 2.00 bits per heavy atom. The van der Waals surface area contributed by atoms with E-state index >= 15 is 0 Å². The number of halogens is 1. The summed E-state index contributed by atoms with van der Waals surface area (Å²) in [5.41, 5.74) is 2.62. The molecule has 0 fully saturated rings. The van der Waals surface area contributed by atoms with Crippen LogP contribution in [0.4, 0.5) is 0 Å². The van der Waals surface area contributed by atoms with Crippen molar-refractivity contribution in [2.45, 2.75) is 20.4 Å². The summed E-state index contributed by atoms with van der Waals surface area (Å²) in [6, 6.07) is 12.4. The van der Waals surface area contributed by atoms with E-state index in [1.165, 1.54) is 20.9 Å². The fourth-order valence-electron chi connectivity index (χ4n) is 1.61. The molecule has 0 radical (unpaired) electrons. The van der Waals surface area contributed by atoms with Gasteiger partial charge in [-0.25, -0.2) is 0 Å². The van der Waals surface area contributed by atoms with Crippen molar-refractivity contribution in [1.82, 2.24) is 4.72 Å². The Balaban J connectivity index is 1.88. The third-order valence-electron chi connectivity index (χ3n) is 2.93. The summed E-state index contributed by atoms with van der Waals surface area (Å²) in [6.45, 7) is 5.13. The highest BCUT2D eigenvalue weighted by Crippen LogP contribution is 2.29. The third-order valence-corrected chi connectivity index (χ3v) is 5.27. The molecule has 20 heavy (non-hydrogen) atoms. The second kappa shape index (κ2) is 7.89. The van der Waals surface area contributed by atoms with Gasteiger partial charge >= 0.3 is 0 Å². The van der Waals surface area contributed by atoms with Gasteiger partial charge in [0.25, 0.3) is 0 Å². The fraction of sp³-hybridized carbons (Fsp3) is 0.250. The summed E-state index contributed by atoms with van der Waals surface area (Å²) in [7, 11) is 0. The molecule has 1 nitrogen and oxygen atoms in total. The van der Waals surface area contributed by atoms with Gasteiger partial charge in [0, 0.05) is 27.1 Å². The van der Waals surface area contributed by atoms with Crippen LogP contribution in [0.3, 0.4) is 0 Å². The minimum absolute atomic E-state index is 0.781. The van der Waals surface area contributed by atoms with Gasteiger partial charge in [-0.15, -0.1) is 11.3 Å². The topological polar surface area (TPSA) is 12.0 Å². The van der Waals surface area contributed by atoms with E-state index in [0.717, 1.165) is 17.3 Å². The number of thiophene rings is 1. The molecule has 1 N–H and O–H groups in total. The van der Waals surface area contributed by atoms with Crippen molar-refractivity contribution in [2.75, 3.05) is 5.75 Å². The van der Waals surface area contributed by atoms with Crippen LogP contribution in [0.5, 0.6) is 0 Å². The van der Waals surface area contributed by atoms with Crippen LogP contribution in [0.1, 0.15) is 18.7 Å². The molecular formula is C16H18ClNS2. The van der Waals surface area contributed by atoms with E-state index in [9.17, 15) is 0 Å². The molecule has 2 aromatic rings. The number of allylic oxidation sites excluding steroid dienone is 1. The molecule has 0 bridgehead atoms. The number of hydrogen-bond donors (Lipinski definition) is 1. The molecule has 0 aliphatic carbocycles. The molecule has 106 valence electrons. The van der Waals surface area contributed by atoms with Crippen LogP contribution >= 0.6 is 34.9 Å². The van der Waals surface area contributed by atoms with Crippen molar-refractivity contribution in [2.24, 2.45) is 0 Å². The van der Waals surface area contributed by atoms with Crippen LogP contribution in [-0.4, -0.2) is 5.75 Å². The molecule has 4 heteroatoms. The quantitative estimate of drug-likeness (QED) is 0.411. The maximum absolute atomic E-state index is 5.91. The van der Waals surface area contributed by atoms with Crippen molar-refractivity contribution in [3.05, 3.63) is 57.9 Å². The van der Waals surface area contributed by atoms with Gasteiger partial charge in [-0.3, -0.25) is 4.72 Å². The van der Waals surface area contributed by atoms with E-state index in [-0.39, 0.29) is 0 Å². The Hall–Kier alpha value is -0.740. The Morgan fingerprint density at radius 3 is 2.70 bits per heavy atom. The first-order chi connectivity index (χ1) is 9.69. The third kappa shape index (κ3) is 4.67. The number of rotatable bonds is 6. The first kappa shape index (κ1) is 15.6. The van der Waals surface area contributed by atoms with Crippen LogP contribution in [0.15, 0.2) is 48.0 Å². The van der Waals surface area contributed by atoms with Gasteiger partial charge in [0.15, 0.2) is 0 Å². The van der Waals surface area contributed by atoms with Crippen molar-refractivity contribution >= 4 is 34.9 Å². The zero-order valence-electron chi connectivity index (χ0n) is 11.7. The minimum Gasteiger partial charge on any atom is -0.259 e. The second-order valence-electron chi connectivity index (χ2n) is 4.52. The molecule has 1 aromatic heterocycles. The van der Waals surface area contributed by atoms with Gasteiger partial charge in [0.05, 0.1) is 0 Å². The van der Waals surface area contributed by atoms with E-state index in [1.807, 2.05) is 23.5 Å². The summed E-state index contributed by atoms with van der Waals surface area (Å²) in [5, 5.41) is 0.781. The molecule has 2 rings (SSSR count). The maximum Gasteiger partial charge on any atom is 0.0406 e. The summed E-state index contributed by atoms with van der Waals surface area (Å²) >= 11 is 9.49. The highest BCUT2D eigenvalue weighted by molar-refractivity contribution is 7.97. The molecular weight excluding hydrogens is 306 g/mol. The van der Waals surface area contributed by atoms with Crippen molar-refractivity contribution in [3.8, 4) is 10.4 Å². The second-order valence-corrected chi connectivity index (χ2v) is 6.99. The lowest BCUT2D eigenvalue weighted by molar-refractivity contribution is 1.00. The largest absolute Gasteiger partial charge is 0.259 e. The van der Waals surface area contributed by atoms with Crippen LogP contribution < -0.4 is 4.72 Å². The molecule has 0 aliphatic heterocycles. The lowest BCUT2D eigenvalue weighted by Gasteiger charge is -2.02. The zero-order valence-corrected chi connectivity index (χ0v) is 14.0. The van der Waals surface area contributed by atoms with Gasteiger partial charge in [-0.1, -0.05) is 47.3 Å². The Labute approximate surface area is 134 Å². The predicted molar refractivity (Wildman–Crippen MR) is 93.5 cm³/mol. The highest BCUT2D eigenvalue weighted by Gasteiger charge is 2.03. The average molecular weight is 324 g/mol. The smallest absolute Gasteiger partial charge is 0.0406 e. The van der Waals surface area contributed by atoms with Gasteiger partial charge in [-0.05, 0) is 43.7 Å². The van der Waals surface area contributed by atoms with Crippen molar-refractivity contribution in [1.29, 1.82) is 0 Å². The van der Waals surface area contributed by atoms with Gasteiger partial charge in [0.1, 0.15) is 0 Å². The summed E-state index contributed by atoms with van der Waals surface area (Å²) in [6.07, 6.45) is 2.15. The normalized spacial score (nSPS) is 11.8. The Kier molecular flexibility index (Phi) is 6.17. The molecule has 0 atom stereocenters. The molecule has 1 aromatic carbocycles. The van der Waals surface area contributed by atoms with Gasteiger partial charge in [-0.2, -0.15) is 0 Å². The summed E-state index contributed by atoms with van der Waals surface area (Å²) < 4.78 is 3.41. The molecule has 0 amide bonds. The predicted octanol–water partition coefficient (Wildman–Crippen LogP) is 5.77. The Morgan fingerprint density at radius 1 is 1.25 bits per heavy atom. The fourth-order valence-corrected chi connectivity index (χ4v) is 3.54. The van der Waals surface area contributed by atoms with Crippen LogP contribution in [0, 0.1) is 0 Å². The minimum atomic E-state index is 0.781. The van der Waals surface area contributed by atoms with Crippen molar-refractivity contribution < 1.29 is 0 Å². The molecule has 0 spiro atoms. The molecule has 0 aliphatic rings. The number of nitrogens with one attached hydrogen (secondary N) is 1. The molecule has 0 unspecified atom stereocenters. The number of benzene rings is 1. The van der Waals surface area contributed by atoms with E-state index in [0.29, 0.717) is 0 Å². The van der Waals surface area contributed by atoms with Gasteiger partial charge in [0.2, 0.25) is 0 Å². The van der Waals surface area contributed by atoms with E-state index in [1.54, 1.807) is 11.9 Å². The van der Waals surface area contributed by atoms with E-state index in [4.69, 9.17) is 11.6 Å². The van der Waals surface area contributed by atoms with E-state index < -0.39 is 0 Å². The SMILES string of the molecule is C/C=C(\C)CSNCc1ccc(-c2ccc(Cl)cc2)s1. The average Bonchev–Trinajstić information content (AvgIpc) is 2.93. The first-order valence-electron chi connectivity index (χ1n) is 6.50. The summed E-state index contributed by atoms with van der Waals surface area (Å²) in [5.74, 6) is 1.03. The lowest BCUT2D eigenvalue weighted by atomic mass is 10.2. The lowest BCUT2D eigenvalue weighted by Crippen LogP contribution is -2.02. The van der Waals surface area contributed by atoms with E-state index in [2.05, 4.69) is 48.9 Å². The molecule has 1 heterocycles. The van der Waals surface area contributed by atoms with Crippen LogP contribution in [-0.2, 0) is 6.54 Å².